The highest BCUT2D eigenvalue weighted by molar-refractivity contribution is 6.09. The zero-order chi connectivity index (χ0) is 25.2. The van der Waals surface area contributed by atoms with E-state index in [0.717, 1.165) is 29.8 Å². The van der Waals surface area contributed by atoms with Gasteiger partial charge < -0.3 is 19.9 Å². The third-order valence-corrected chi connectivity index (χ3v) is 6.47. The maximum Gasteiger partial charge on any atom is 0.344 e. The first kappa shape index (κ1) is 23.0. The number of esters is 1. The molecule has 2 aromatic heterocycles. The van der Waals surface area contributed by atoms with Gasteiger partial charge in [0, 0.05) is 12.3 Å². The number of nitrogens with zero attached hydrogens (tertiary/aromatic N) is 3. The number of carbonyl (C=O) groups is 1. The molecule has 0 unspecified atom stereocenters. The normalized spacial score (nSPS) is 15.3. The maximum atomic E-state index is 13.2. The smallest absolute Gasteiger partial charge is 0.344 e. The molecule has 0 amide bonds. The van der Waals surface area contributed by atoms with Crippen molar-refractivity contribution in [3.05, 3.63) is 90.0 Å². The largest absolute Gasteiger partial charge is 0.489 e. The summed E-state index contributed by atoms with van der Waals surface area (Å²) in [6.45, 7) is 1.33. The number of aromatic nitrogens is 3. The summed E-state index contributed by atoms with van der Waals surface area (Å²) in [6.07, 6.45) is 1.74. The number of carbonyl (C=O) groups excluding carboxylic acids is 1. The summed E-state index contributed by atoms with van der Waals surface area (Å²) in [5, 5.41) is 0. The van der Waals surface area contributed by atoms with Crippen molar-refractivity contribution in [1.29, 1.82) is 0 Å². The molecule has 1 saturated heterocycles. The fraction of sp³-hybridized carbons (Fsp3) is 0.207. The van der Waals surface area contributed by atoms with Crippen molar-refractivity contribution in [2.45, 2.75) is 25.6 Å². The summed E-state index contributed by atoms with van der Waals surface area (Å²) in [4.78, 5) is 22.8. The number of hydrogen-bond donors (Lipinski definition) is 1. The summed E-state index contributed by atoms with van der Waals surface area (Å²) in [5.74, 6) is 0.403. The lowest BCUT2D eigenvalue weighted by Gasteiger charge is -2.11. The highest BCUT2D eigenvalue weighted by atomic mass is 16.6. The first-order valence-electron chi connectivity index (χ1n) is 12.3. The van der Waals surface area contributed by atoms with Gasteiger partial charge in [-0.25, -0.2) is 14.8 Å². The molecule has 0 saturated carbocycles. The van der Waals surface area contributed by atoms with Crippen molar-refractivity contribution in [1.82, 2.24) is 14.5 Å². The van der Waals surface area contributed by atoms with Crippen molar-refractivity contribution in [3.63, 3.8) is 0 Å². The van der Waals surface area contributed by atoms with Gasteiger partial charge in [0.2, 0.25) is 0 Å². The molecule has 1 atom stereocenters. The maximum absolute atomic E-state index is 13.2. The molecule has 37 heavy (non-hydrogen) atoms. The lowest BCUT2D eigenvalue weighted by molar-refractivity contribution is 0.0163. The van der Waals surface area contributed by atoms with E-state index in [1.807, 2.05) is 78.9 Å². The Balaban J connectivity index is 1.36. The van der Waals surface area contributed by atoms with E-state index in [1.54, 1.807) is 4.57 Å². The Morgan fingerprint density at radius 1 is 0.973 bits per heavy atom. The highest BCUT2D eigenvalue weighted by Gasteiger charge is 2.27. The molecule has 0 bridgehead atoms. The van der Waals surface area contributed by atoms with Crippen LogP contribution in [0.2, 0.25) is 0 Å². The number of hydrogen-bond acceptors (Lipinski definition) is 7. The molecule has 0 radical (unpaired) electrons. The quantitative estimate of drug-likeness (QED) is 0.315. The predicted molar refractivity (Wildman–Crippen MR) is 141 cm³/mol. The van der Waals surface area contributed by atoms with Gasteiger partial charge in [0.1, 0.15) is 35.9 Å². The molecular formula is C29H26N4O4. The molecule has 3 heterocycles. The molecular weight excluding hydrogens is 468 g/mol. The average molecular weight is 495 g/mol. The van der Waals surface area contributed by atoms with Crippen LogP contribution in [0.3, 0.4) is 0 Å². The van der Waals surface area contributed by atoms with Gasteiger partial charge in [-0.1, -0.05) is 42.5 Å². The number of benzene rings is 3. The zero-order valence-corrected chi connectivity index (χ0v) is 20.2. The van der Waals surface area contributed by atoms with Crippen LogP contribution in [-0.4, -0.2) is 39.8 Å². The molecule has 0 spiro atoms. The molecule has 3 aromatic carbocycles. The van der Waals surface area contributed by atoms with Gasteiger partial charge in [-0.05, 0) is 54.8 Å². The molecule has 1 fully saturated rings. The number of fused-ring (bicyclic) bond motifs is 2. The summed E-state index contributed by atoms with van der Waals surface area (Å²) >= 11 is 0. The van der Waals surface area contributed by atoms with Crippen LogP contribution in [0.1, 0.15) is 28.8 Å². The molecule has 6 rings (SSSR count). The first-order chi connectivity index (χ1) is 18.2. The van der Waals surface area contributed by atoms with Crippen LogP contribution in [0.15, 0.2) is 78.9 Å². The molecule has 0 aliphatic carbocycles. The minimum atomic E-state index is -0.538. The van der Waals surface area contributed by atoms with E-state index in [-0.39, 0.29) is 24.1 Å². The summed E-state index contributed by atoms with van der Waals surface area (Å²) in [5.41, 5.74) is 10.9. The Morgan fingerprint density at radius 3 is 2.43 bits per heavy atom. The Morgan fingerprint density at radius 2 is 1.70 bits per heavy atom. The summed E-state index contributed by atoms with van der Waals surface area (Å²) in [7, 11) is 0. The highest BCUT2D eigenvalue weighted by Crippen LogP contribution is 2.32. The molecule has 1 aliphatic heterocycles. The van der Waals surface area contributed by atoms with E-state index in [1.165, 1.54) is 0 Å². The van der Waals surface area contributed by atoms with Crippen LogP contribution in [-0.2, 0) is 16.1 Å². The third kappa shape index (κ3) is 4.59. The molecule has 5 aromatic rings. The number of para-hydroxylation sites is 2. The first-order valence-corrected chi connectivity index (χ1v) is 12.3. The van der Waals surface area contributed by atoms with Crippen molar-refractivity contribution < 1.29 is 19.0 Å². The van der Waals surface area contributed by atoms with Gasteiger partial charge in [-0.2, -0.15) is 0 Å². The van der Waals surface area contributed by atoms with Crippen molar-refractivity contribution >= 4 is 34.0 Å². The lowest BCUT2D eigenvalue weighted by atomic mass is 10.2. The van der Waals surface area contributed by atoms with Gasteiger partial charge in [0.15, 0.2) is 5.65 Å². The van der Waals surface area contributed by atoms with Crippen LogP contribution in [0.4, 0.5) is 5.82 Å². The van der Waals surface area contributed by atoms with E-state index >= 15 is 0 Å². The Hall–Kier alpha value is -4.43. The van der Waals surface area contributed by atoms with Crippen LogP contribution < -0.4 is 10.5 Å². The van der Waals surface area contributed by atoms with Gasteiger partial charge >= 0.3 is 5.97 Å². The molecule has 186 valence electrons. The fourth-order valence-corrected chi connectivity index (χ4v) is 4.57. The van der Waals surface area contributed by atoms with Gasteiger partial charge in [-0.15, -0.1) is 0 Å². The zero-order valence-electron chi connectivity index (χ0n) is 20.2. The summed E-state index contributed by atoms with van der Waals surface area (Å²) < 4.78 is 18.9. The van der Waals surface area contributed by atoms with Crippen LogP contribution in [0, 0.1) is 0 Å². The minimum absolute atomic E-state index is 0.0890. The van der Waals surface area contributed by atoms with E-state index in [0.29, 0.717) is 35.4 Å². The van der Waals surface area contributed by atoms with E-state index in [2.05, 4.69) is 0 Å². The fourth-order valence-electron chi connectivity index (χ4n) is 4.57. The SMILES string of the molecule is Nc1c(C(=O)OC[C@@H]2CCCO2)c2nc3ccccc3nc2n1-c1ccc(OCc2ccccc2)cc1. The second-order valence-corrected chi connectivity index (χ2v) is 8.98. The van der Waals surface area contributed by atoms with Gasteiger partial charge in [0.25, 0.3) is 0 Å². The Bertz CT molecular complexity index is 1560. The number of nitrogens with two attached hydrogens (primary N) is 1. The minimum Gasteiger partial charge on any atom is -0.489 e. The predicted octanol–water partition coefficient (Wildman–Crippen LogP) is 5.07. The summed E-state index contributed by atoms with van der Waals surface area (Å²) in [6, 6.07) is 25.0. The molecule has 8 nitrogen and oxygen atoms in total. The van der Waals surface area contributed by atoms with E-state index < -0.39 is 5.97 Å². The Labute approximate surface area is 213 Å². The number of rotatable bonds is 7. The second-order valence-electron chi connectivity index (χ2n) is 8.98. The number of ether oxygens (including phenoxy) is 3. The second kappa shape index (κ2) is 9.91. The lowest BCUT2D eigenvalue weighted by Crippen LogP contribution is -2.18. The number of anilines is 1. The third-order valence-electron chi connectivity index (χ3n) is 6.47. The Kier molecular flexibility index (Phi) is 6.16. The monoisotopic (exact) mass is 494 g/mol. The van der Waals surface area contributed by atoms with Gasteiger partial charge in [-0.3, -0.25) is 4.57 Å². The van der Waals surface area contributed by atoms with Crippen LogP contribution >= 0.6 is 0 Å². The molecule has 1 aliphatic rings. The molecule has 2 N–H and O–H groups in total. The van der Waals surface area contributed by atoms with Crippen LogP contribution in [0.25, 0.3) is 27.9 Å². The topological polar surface area (TPSA) is 101 Å². The van der Waals surface area contributed by atoms with E-state index in [9.17, 15) is 4.79 Å². The molecule has 8 heteroatoms. The van der Waals surface area contributed by atoms with Crippen molar-refractivity contribution in [2.24, 2.45) is 0 Å². The standard InChI is InChI=1S/C29H26N4O4/c30-27-25(29(34)37-18-22-9-6-16-35-22)26-28(32-24-11-5-4-10-23(24)31-26)33(27)20-12-14-21(15-13-20)36-17-19-7-2-1-3-8-19/h1-5,7-8,10-15,22H,6,9,16-18,30H2/t22-/m0/s1. The van der Waals surface area contributed by atoms with Crippen molar-refractivity contribution in [2.75, 3.05) is 18.9 Å². The van der Waals surface area contributed by atoms with Crippen molar-refractivity contribution in [3.8, 4) is 11.4 Å². The van der Waals surface area contributed by atoms with Crippen LogP contribution in [0.5, 0.6) is 5.75 Å². The average Bonchev–Trinajstić information content (AvgIpc) is 3.55. The van der Waals surface area contributed by atoms with Gasteiger partial charge in [0.05, 0.1) is 17.1 Å². The number of nitrogen functional groups attached to an aromatic ring is 1. The van der Waals surface area contributed by atoms with E-state index in [4.69, 9.17) is 29.9 Å².